The van der Waals surface area contributed by atoms with Gasteiger partial charge in [0.2, 0.25) is 0 Å². The van der Waals surface area contributed by atoms with Crippen molar-refractivity contribution in [1.82, 2.24) is 10.3 Å². The lowest BCUT2D eigenvalue weighted by atomic mass is 10.1. The molecule has 0 aliphatic heterocycles. The maximum atomic E-state index is 4.13. The minimum absolute atomic E-state index is 0.341. The fourth-order valence-corrected chi connectivity index (χ4v) is 2.84. The van der Waals surface area contributed by atoms with Crippen LogP contribution in [-0.2, 0) is 6.54 Å². The molecule has 0 radical (unpaired) electrons. The second kappa shape index (κ2) is 7.46. The number of hydrogen-bond donors (Lipinski definition) is 1. The smallest absolute Gasteiger partial charge is 0.0312 e. The van der Waals surface area contributed by atoms with E-state index >= 15 is 0 Å². The number of pyridine rings is 1. The second-order valence-electron chi connectivity index (χ2n) is 5.20. The first-order chi connectivity index (χ1) is 9.65. The number of rotatable bonds is 6. The Morgan fingerprint density at radius 1 is 1.10 bits per heavy atom. The van der Waals surface area contributed by atoms with E-state index in [1.807, 2.05) is 24.0 Å². The molecule has 1 atom stereocenters. The molecular formula is C17H22N2S. The van der Waals surface area contributed by atoms with Crippen LogP contribution < -0.4 is 5.32 Å². The fraction of sp³-hybridized carbons (Fsp3) is 0.353. The first-order valence-electron chi connectivity index (χ1n) is 7.04. The monoisotopic (exact) mass is 286 g/mol. The molecule has 106 valence electrons. The van der Waals surface area contributed by atoms with Crippen LogP contribution in [0.2, 0.25) is 0 Å². The highest BCUT2D eigenvalue weighted by atomic mass is 32.2. The van der Waals surface area contributed by atoms with E-state index in [-0.39, 0.29) is 0 Å². The van der Waals surface area contributed by atoms with E-state index in [4.69, 9.17) is 0 Å². The zero-order valence-corrected chi connectivity index (χ0v) is 13.2. The molecule has 0 saturated heterocycles. The van der Waals surface area contributed by atoms with Gasteiger partial charge in [0.05, 0.1) is 0 Å². The van der Waals surface area contributed by atoms with Crippen LogP contribution in [0, 0.1) is 0 Å². The molecule has 0 unspecified atom stereocenters. The lowest BCUT2D eigenvalue weighted by Gasteiger charge is -2.15. The molecule has 3 heteroatoms. The Hall–Kier alpha value is -1.32. The molecule has 1 aromatic heterocycles. The molecule has 2 aromatic rings. The van der Waals surface area contributed by atoms with E-state index in [2.05, 4.69) is 61.4 Å². The van der Waals surface area contributed by atoms with Gasteiger partial charge < -0.3 is 5.32 Å². The predicted octanol–water partition coefficient (Wildman–Crippen LogP) is 4.43. The molecule has 1 N–H and O–H groups in total. The third kappa shape index (κ3) is 4.66. The van der Waals surface area contributed by atoms with E-state index in [1.165, 1.54) is 16.0 Å². The summed E-state index contributed by atoms with van der Waals surface area (Å²) in [6.07, 6.45) is 3.71. The average Bonchev–Trinajstić information content (AvgIpc) is 2.46. The van der Waals surface area contributed by atoms with Crippen LogP contribution in [0.15, 0.2) is 53.7 Å². The Morgan fingerprint density at radius 3 is 2.45 bits per heavy atom. The topological polar surface area (TPSA) is 24.9 Å². The van der Waals surface area contributed by atoms with Crippen LogP contribution in [-0.4, -0.2) is 10.2 Å². The number of benzene rings is 1. The molecule has 20 heavy (non-hydrogen) atoms. The minimum Gasteiger partial charge on any atom is -0.306 e. The SMILES string of the molecule is CC(C)Sc1ccc([C@@H](C)NCc2cccnc2)cc1. The predicted molar refractivity (Wildman–Crippen MR) is 86.9 cm³/mol. The van der Waals surface area contributed by atoms with Crippen molar-refractivity contribution in [2.24, 2.45) is 0 Å². The quantitative estimate of drug-likeness (QED) is 0.795. The van der Waals surface area contributed by atoms with Gasteiger partial charge in [-0.05, 0) is 36.2 Å². The lowest BCUT2D eigenvalue weighted by molar-refractivity contribution is 0.573. The molecule has 2 nitrogen and oxygen atoms in total. The van der Waals surface area contributed by atoms with Gasteiger partial charge in [0.1, 0.15) is 0 Å². The van der Waals surface area contributed by atoms with Gasteiger partial charge in [-0.15, -0.1) is 11.8 Å². The highest BCUT2D eigenvalue weighted by Crippen LogP contribution is 2.24. The van der Waals surface area contributed by atoms with Crippen LogP contribution in [0.25, 0.3) is 0 Å². The molecular weight excluding hydrogens is 264 g/mol. The van der Waals surface area contributed by atoms with E-state index in [9.17, 15) is 0 Å². The maximum Gasteiger partial charge on any atom is 0.0312 e. The van der Waals surface area contributed by atoms with Gasteiger partial charge in [-0.2, -0.15) is 0 Å². The van der Waals surface area contributed by atoms with Gasteiger partial charge in [-0.3, -0.25) is 4.98 Å². The largest absolute Gasteiger partial charge is 0.306 e. The van der Waals surface area contributed by atoms with Crippen LogP contribution >= 0.6 is 11.8 Å². The minimum atomic E-state index is 0.341. The van der Waals surface area contributed by atoms with Crippen LogP contribution in [0.4, 0.5) is 0 Å². The standard InChI is InChI=1S/C17H22N2S/c1-13(2)20-17-8-6-16(7-9-17)14(3)19-12-15-5-4-10-18-11-15/h4-11,13-14,19H,12H2,1-3H3/t14-/m1/s1. The van der Waals surface area contributed by atoms with Crippen molar-refractivity contribution in [3.8, 4) is 0 Å². The Labute approximate surface area is 126 Å². The van der Waals surface area contributed by atoms with Crippen LogP contribution in [0.3, 0.4) is 0 Å². The number of nitrogens with zero attached hydrogens (tertiary/aromatic N) is 1. The number of thioether (sulfide) groups is 1. The van der Waals surface area contributed by atoms with Gasteiger partial charge in [-0.25, -0.2) is 0 Å². The Bertz CT molecular complexity index is 508. The fourth-order valence-electron chi connectivity index (χ4n) is 2.00. The molecule has 0 saturated carbocycles. The van der Waals surface area contributed by atoms with Crippen molar-refractivity contribution < 1.29 is 0 Å². The number of hydrogen-bond acceptors (Lipinski definition) is 3. The molecule has 0 aliphatic rings. The van der Waals surface area contributed by atoms with Gasteiger partial charge in [-0.1, -0.05) is 32.0 Å². The van der Waals surface area contributed by atoms with Crippen LogP contribution in [0.1, 0.15) is 37.9 Å². The summed E-state index contributed by atoms with van der Waals surface area (Å²) in [6.45, 7) is 7.48. The average molecular weight is 286 g/mol. The van der Waals surface area contributed by atoms with Crippen molar-refractivity contribution in [2.75, 3.05) is 0 Å². The summed E-state index contributed by atoms with van der Waals surface area (Å²) in [5.74, 6) is 0. The Kier molecular flexibility index (Phi) is 5.62. The lowest BCUT2D eigenvalue weighted by Crippen LogP contribution is -2.18. The summed E-state index contributed by atoms with van der Waals surface area (Å²) in [5, 5.41) is 4.16. The molecule has 0 amide bonds. The van der Waals surface area contributed by atoms with Crippen molar-refractivity contribution in [3.63, 3.8) is 0 Å². The van der Waals surface area contributed by atoms with Crippen molar-refractivity contribution in [1.29, 1.82) is 0 Å². The van der Waals surface area contributed by atoms with E-state index in [0.717, 1.165) is 6.54 Å². The molecule has 0 aliphatic carbocycles. The Morgan fingerprint density at radius 2 is 1.85 bits per heavy atom. The van der Waals surface area contributed by atoms with Crippen molar-refractivity contribution in [3.05, 3.63) is 59.9 Å². The molecule has 0 spiro atoms. The zero-order valence-electron chi connectivity index (χ0n) is 12.3. The van der Waals surface area contributed by atoms with Gasteiger partial charge >= 0.3 is 0 Å². The summed E-state index contributed by atoms with van der Waals surface area (Å²) < 4.78 is 0. The first-order valence-corrected chi connectivity index (χ1v) is 7.92. The van der Waals surface area contributed by atoms with E-state index in [1.54, 1.807) is 6.20 Å². The molecule has 0 fully saturated rings. The first kappa shape index (κ1) is 15.1. The molecule has 1 heterocycles. The molecule has 0 bridgehead atoms. The van der Waals surface area contributed by atoms with E-state index < -0.39 is 0 Å². The summed E-state index contributed by atoms with van der Waals surface area (Å²) in [6, 6.07) is 13.3. The summed E-state index contributed by atoms with van der Waals surface area (Å²) in [4.78, 5) is 5.47. The molecule has 2 rings (SSSR count). The second-order valence-corrected chi connectivity index (χ2v) is 6.85. The van der Waals surface area contributed by atoms with Crippen LogP contribution in [0.5, 0.6) is 0 Å². The van der Waals surface area contributed by atoms with Gasteiger partial charge in [0.25, 0.3) is 0 Å². The highest BCUT2D eigenvalue weighted by molar-refractivity contribution is 7.99. The molecule has 1 aromatic carbocycles. The maximum absolute atomic E-state index is 4.13. The number of nitrogens with one attached hydrogen (secondary N) is 1. The summed E-state index contributed by atoms with van der Waals surface area (Å²) in [5.41, 5.74) is 2.54. The third-order valence-electron chi connectivity index (χ3n) is 3.09. The normalized spacial score (nSPS) is 12.6. The van der Waals surface area contributed by atoms with Gasteiger partial charge in [0.15, 0.2) is 0 Å². The van der Waals surface area contributed by atoms with Gasteiger partial charge in [0, 0.05) is 35.1 Å². The summed E-state index contributed by atoms with van der Waals surface area (Å²) in [7, 11) is 0. The zero-order chi connectivity index (χ0) is 14.4. The van der Waals surface area contributed by atoms with Crippen molar-refractivity contribution in [2.45, 2.75) is 43.5 Å². The van der Waals surface area contributed by atoms with Crippen molar-refractivity contribution >= 4 is 11.8 Å². The highest BCUT2D eigenvalue weighted by Gasteiger charge is 2.05. The Balaban J connectivity index is 1.90. The number of aromatic nitrogens is 1. The summed E-state index contributed by atoms with van der Waals surface area (Å²) >= 11 is 1.90. The van der Waals surface area contributed by atoms with E-state index in [0.29, 0.717) is 11.3 Å². The third-order valence-corrected chi connectivity index (χ3v) is 4.10.